The molecule has 0 amide bonds. The smallest absolute Gasteiger partial charge is 0.0811 e. The zero-order chi connectivity index (χ0) is 7.52. The number of anilines is 1. The monoisotopic (exact) mass is 146 g/mol. The van der Waals surface area contributed by atoms with Crippen LogP contribution in [0.5, 0.6) is 0 Å². The molecule has 1 aromatic rings. The van der Waals surface area contributed by atoms with Crippen LogP contribution in [0.1, 0.15) is 6.42 Å². The van der Waals surface area contributed by atoms with E-state index >= 15 is 0 Å². The third kappa shape index (κ3) is 1.29. The predicted octanol–water partition coefficient (Wildman–Crippen LogP) is 1.54. The van der Waals surface area contributed by atoms with Crippen LogP contribution in [-0.4, -0.2) is 13.1 Å². The van der Waals surface area contributed by atoms with Crippen molar-refractivity contribution in [2.24, 2.45) is 0 Å². The average molecular weight is 146 g/mol. The number of hydrogen-bond donors (Lipinski definition) is 1. The van der Waals surface area contributed by atoms with Crippen LogP contribution in [0.2, 0.25) is 0 Å². The van der Waals surface area contributed by atoms with Crippen molar-refractivity contribution >= 4 is 11.4 Å². The van der Waals surface area contributed by atoms with Crippen LogP contribution in [0.25, 0.3) is 0 Å². The van der Waals surface area contributed by atoms with Crippen molar-refractivity contribution in [3.8, 4) is 0 Å². The van der Waals surface area contributed by atoms with E-state index in [-0.39, 0.29) is 0 Å². The van der Waals surface area contributed by atoms with Crippen LogP contribution in [0, 0.1) is 6.07 Å². The van der Waals surface area contributed by atoms with Crippen LogP contribution in [0.3, 0.4) is 0 Å². The summed E-state index contributed by atoms with van der Waals surface area (Å²) in [5, 5.41) is 7.70. The molecule has 0 fully saturated rings. The molecule has 2 heteroatoms. The molecular formula is C9H10N2. The zero-order valence-electron chi connectivity index (χ0n) is 6.30. The maximum atomic E-state index is 4.39. The van der Waals surface area contributed by atoms with Gasteiger partial charge in [0.15, 0.2) is 0 Å². The van der Waals surface area contributed by atoms with Crippen LogP contribution in [-0.2, 0) is 0 Å². The molecule has 0 saturated carbocycles. The minimum atomic E-state index is 0.928. The number of hydrogen-bond acceptors (Lipinski definition) is 1. The molecule has 0 spiro atoms. The van der Waals surface area contributed by atoms with Crippen molar-refractivity contribution < 1.29 is 0 Å². The van der Waals surface area contributed by atoms with E-state index in [4.69, 9.17) is 0 Å². The highest BCUT2D eigenvalue weighted by atomic mass is 15.0. The molecule has 0 aliphatic carbocycles. The Hall–Kier alpha value is -1.18. The quantitative estimate of drug-likeness (QED) is 0.590. The van der Waals surface area contributed by atoms with Crippen molar-refractivity contribution in [3.63, 3.8) is 0 Å². The predicted molar refractivity (Wildman–Crippen MR) is 45.0 cm³/mol. The molecule has 1 aromatic carbocycles. The highest BCUT2D eigenvalue weighted by molar-refractivity contribution is 5.64. The zero-order valence-corrected chi connectivity index (χ0v) is 6.30. The van der Waals surface area contributed by atoms with E-state index in [1.165, 1.54) is 0 Å². The van der Waals surface area contributed by atoms with Gasteiger partial charge in [-0.1, -0.05) is 6.07 Å². The summed E-state index contributed by atoms with van der Waals surface area (Å²) >= 11 is 0. The fraction of sp³-hybridized carbons (Fsp3) is 0.333. The summed E-state index contributed by atoms with van der Waals surface area (Å²) in [7, 11) is 0. The Morgan fingerprint density at radius 1 is 1.55 bits per heavy atom. The fourth-order valence-corrected chi connectivity index (χ4v) is 1.20. The first-order valence-electron chi connectivity index (χ1n) is 3.88. The SMILES string of the molecule is [c]1ccc2c(c1)[N]CCCN2. The van der Waals surface area contributed by atoms with Crippen LogP contribution in [0.4, 0.5) is 11.4 Å². The van der Waals surface area contributed by atoms with E-state index in [1.807, 2.05) is 18.2 Å². The molecule has 2 radical (unpaired) electrons. The Labute approximate surface area is 66.6 Å². The number of nitrogens with one attached hydrogen (secondary N) is 1. The maximum Gasteiger partial charge on any atom is 0.0811 e. The van der Waals surface area contributed by atoms with Crippen molar-refractivity contribution in [3.05, 3.63) is 24.3 Å². The lowest BCUT2D eigenvalue weighted by molar-refractivity contribution is 0.796. The fourth-order valence-electron chi connectivity index (χ4n) is 1.20. The summed E-state index contributed by atoms with van der Waals surface area (Å²) < 4.78 is 0. The summed E-state index contributed by atoms with van der Waals surface area (Å²) in [6.07, 6.45) is 1.12. The number of fused-ring (bicyclic) bond motifs is 1. The summed E-state index contributed by atoms with van der Waals surface area (Å²) in [6, 6.07) is 8.87. The lowest BCUT2D eigenvalue weighted by Gasteiger charge is -2.03. The second-order valence-electron chi connectivity index (χ2n) is 2.61. The molecule has 2 rings (SSSR count). The van der Waals surface area contributed by atoms with Gasteiger partial charge in [0.25, 0.3) is 0 Å². The first kappa shape index (κ1) is 6.53. The normalized spacial score (nSPS) is 15.6. The van der Waals surface area contributed by atoms with Gasteiger partial charge in [0.1, 0.15) is 0 Å². The van der Waals surface area contributed by atoms with Crippen molar-refractivity contribution in [2.45, 2.75) is 6.42 Å². The number of nitrogens with zero attached hydrogens (tertiary/aromatic N) is 1. The second kappa shape index (κ2) is 2.82. The van der Waals surface area contributed by atoms with Crippen molar-refractivity contribution in [2.75, 3.05) is 18.4 Å². The summed E-state index contributed by atoms with van der Waals surface area (Å²) in [4.78, 5) is 0. The Balaban J connectivity index is 2.33. The Bertz CT molecular complexity index is 220. The van der Waals surface area contributed by atoms with E-state index in [0.717, 1.165) is 30.9 Å². The topological polar surface area (TPSA) is 26.1 Å². The molecule has 0 bridgehead atoms. The molecular weight excluding hydrogens is 136 g/mol. The van der Waals surface area contributed by atoms with Crippen molar-refractivity contribution in [1.82, 2.24) is 5.32 Å². The molecule has 1 heterocycles. The Kier molecular flexibility index (Phi) is 1.68. The molecule has 1 aliphatic heterocycles. The van der Waals surface area contributed by atoms with Gasteiger partial charge >= 0.3 is 0 Å². The molecule has 1 N–H and O–H groups in total. The average Bonchev–Trinajstić information content (AvgIpc) is 2.28. The van der Waals surface area contributed by atoms with Gasteiger partial charge in [0.05, 0.1) is 11.4 Å². The lowest BCUT2D eigenvalue weighted by Crippen LogP contribution is -2.00. The third-order valence-corrected chi connectivity index (χ3v) is 1.77. The second-order valence-corrected chi connectivity index (χ2v) is 2.61. The Morgan fingerprint density at radius 2 is 2.55 bits per heavy atom. The van der Waals surface area contributed by atoms with Gasteiger partial charge in [-0.05, 0) is 24.6 Å². The molecule has 11 heavy (non-hydrogen) atoms. The molecule has 0 atom stereocenters. The van der Waals surface area contributed by atoms with E-state index in [9.17, 15) is 0 Å². The van der Waals surface area contributed by atoms with Gasteiger partial charge in [-0.3, -0.25) is 5.32 Å². The highest BCUT2D eigenvalue weighted by Gasteiger charge is 2.04. The lowest BCUT2D eigenvalue weighted by atomic mass is 10.3. The van der Waals surface area contributed by atoms with Gasteiger partial charge in [-0.2, -0.15) is 0 Å². The minimum absolute atomic E-state index is 0.928. The molecule has 0 unspecified atom stereocenters. The number of benzene rings is 1. The standard InChI is InChI=1S/C9H10N2/c1-2-5-9-8(4-1)10-6-3-7-11-9/h1,4-5,10H,3,6-7H2. The van der Waals surface area contributed by atoms with Crippen LogP contribution >= 0.6 is 0 Å². The highest BCUT2D eigenvalue weighted by Crippen LogP contribution is 2.22. The van der Waals surface area contributed by atoms with Gasteiger partial charge in [0, 0.05) is 13.1 Å². The van der Waals surface area contributed by atoms with Gasteiger partial charge in [-0.25, -0.2) is 0 Å². The molecule has 2 nitrogen and oxygen atoms in total. The summed E-state index contributed by atoms with van der Waals surface area (Å²) in [5.41, 5.74) is 2.19. The van der Waals surface area contributed by atoms with E-state index in [1.54, 1.807) is 0 Å². The van der Waals surface area contributed by atoms with Gasteiger partial charge in [-0.15, -0.1) is 0 Å². The van der Waals surface area contributed by atoms with E-state index < -0.39 is 0 Å². The first-order chi connectivity index (χ1) is 5.47. The molecule has 0 aromatic heterocycles. The minimum Gasteiger partial charge on any atom is -0.383 e. The van der Waals surface area contributed by atoms with E-state index in [2.05, 4.69) is 16.7 Å². The third-order valence-electron chi connectivity index (χ3n) is 1.77. The van der Waals surface area contributed by atoms with Crippen molar-refractivity contribution in [1.29, 1.82) is 0 Å². The summed E-state index contributed by atoms with van der Waals surface area (Å²) in [5.74, 6) is 0. The molecule has 0 saturated heterocycles. The number of rotatable bonds is 0. The van der Waals surface area contributed by atoms with Crippen LogP contribution < -0.4 is 10.6 Å². The summed E-state index contributed by atoms with van der Waals surface area (Å²) in [6.45, 7) is 1.96. The van der Waals surface area contributed by atoms with Gasteiger partial charge < -0.3 is 5.32 Å². The molecule has 1 aliphatic rings. The van der Waals surface area contributed by atoms with Crippen LogP contribution in [0.15, 0.2) is 18.2 Å². The first-order valence-corrected chi connectivity index (χ1v) is 3.88. The largest absolute Gasteiger partial charge is 0.383 e. The maximum absolute atomic E-state index is 4.39. The van der Waals surface area contributed by atoms with E-state index in [0.29, 0.717) is 0 Å². The molecule has 56 valence electrons. The Morgan fingerprint density at radius 3 is 3.55 bits per heavy atom. The van der Waals surface area contributed by atoms with Gasteiger partial charge in [0.2, 0.25) is 0 Å².